The minimum Gasteiger partial charge on any atom is -0.331 e. The Hall–Kier alpha value is -1.84. The van der Waals surface area contributed by atoms with E-state index in [1.54, 1.807) is 29.2 Å². The number of hydrogen-bond acceptors (Lipinski definition) is 2. The summed E-state index contributed by atoms with van der Waals surface area (Å²) in [6.45, 7) is 2.18. The summed E-state index contributed by atoms with van der Waals surface area (Å²) in [6.07, 6.45) is 1.63. The van der Waals surface area contributed by atoms with Crippen LogP contribution in [0.15, 0.2) is 24.3 Å². The normalized spacial score (nSPS) is 19.1. The summed E-state index contributed by atoms with van der Waals surface area (Å²) in [4.78, 5) is 25.0. The highest BCUT2D eigenvalue weighted by atomic mass is 16.2. The maximum Gasteiger partial charge on any atom is 0.247 e. The van der Waals surface area contributed by atoms with E-state index in [0.29, 0.717) is 6.54 Å². The number of rotatable bonds is 2. The third kappa shape index (κ3) is 2.64. The van der Waals surface area contributed by atoms with Crippen molar-refractivity contribution in [3.05, 3.63) is 30.3 Å². The quantitative estimate of drug-likeness (QED) is 0.837. The van der Waals surface area contributed by atoms with E-state index in [1.165, 1.54) is 6.92 Å². The van der Waals surface area contributed by atoms with Gasteiger partial charge in [-0.1, -0.05) is 12.1 Å². The molecule has 1 aliphatic heterocycles. The second-order valence-corrected chi connectivity index (χ2v) is 4.15. The Labute approximate surface area is 101 Å². The topological polar surface area (TPSA) is 49.4 Å². The van der Waals surface area contributed by atoms with Crippen molar-refractivity contribution in [1.82, 2.24) is 4.90 Å². The molecule has 1 atom stereocenters. The van der Waals surface area contributed by atoms with E-state index in [-0.39, 0.29) is 17.9 Å². The second-order valence-electron chi connectivity index (χ2n) is 4.15. The Bertz CT molecular complexity index is 417. The summed E-state index contributed by atoms with van der Waals surface area (Å²) in [6, 6.07) is 9.62. The molecule has 1 heterocycles. The summed E-state index contributed by atoms with van der Waals surface area (Å²) in [5.41, 5.74) is 0.740. The van der Waals surface area contributed by atoms with Crippen LogP contribution >= 0.6 is 0 Å². The zero-order chi connectivity index (χ0) is 12.3. The van der Waals surface area contributed by atoms with Gasteiger partial charge in [0.25, 0.3) is 0 Å². The number of carbonyl (C=O) groups excluding carboxylic acids is 2. The number of anilines is 1. The molecule has 0 unspecified atom stereocenters. The third-order valence-corrected chi connectivity index (χ3v) is 2.95. The lowest BCUT2D eigenvalue weighted by Crippen LogP contribution is -2.42. The molecule has 0 spiro atoms. The minimum atomic E-state index is -0.323. The molecule has 1 saturated heterocycles. The van der Waals surface area contributed by atoms with Crippen molar-refractivity contribution in [3.63, 3.8) is 0 Å². The van der Waals surface area contributed by atoms with E-state index >= 15 is 0 Å². The largest absolute Gasteiger partial charge is 0.331 e. The van der Waals surface area contributed by atoms with Gasteiger partial charge in [0.1, 0.15) is 6.04 Å². The Morgan fingerprint density at radius 3 is 2.76 bits per heavy atom. The first-order chi connectivity index (χ1) is 8.18. The first-order valence-electron chi connectivity index (χ1n) is 5.72. The highest BCUT2D eigenvalue weighted by Gasteiger charge is 2.32. The van der Waals surface area contributed by atoms with E-state index in [9.17, 15) is 9.59 Å². The van der Waals surface area contributed by atoms with Crippen LogP contribution in [0, 0.1) is 6.07 Å². The molecule has 1 aromatic rings. The zero-order valence-corrected chi connectivity index (χ0v) is 9.77. The molecule has 89 valence electrons. The average molecular weight is 231 g/mol. The summed E-state index contributed by atoms with van der Waals surface area (Å²) >= 11 is 0. The van der Waals surface area contributed by atoms with Gasteiger partial charge in [-0.15, -0.1) is 0 Å². The molecule has 0 bridgehead atoms. The van der Waals surface area contributed by atoms with Gasteiger partial charge in [-0.05, 0) is 31.0 Å². The lowest BCUT2D eigenvalue weighted by atomic mass is 10.2. The average Bonchev–Trinajstić information content (AvgIpc) is 2.79. The van der Waals surface area contributed by atoms with Gasteiger partial charge in [0, 0.05) is 19.2 Å². The molecular formula is C13H15N2O2. The van der Waals surface area contributed by atoms with Crippen LogP contribution in [0.25, 0.3) is 0 Å². The van der Waals surface area contributed by atoms with Crippen molar-refractivity contribution in [3.8, 4) is 0 Å². The number of likely N-dealkylation sites (tertiary alicyclic amines) is 1. The number of nitrogens with zero attached hydrogens (tertiary/aromatic N) is 1. The Balaban J connectivity index is 2.03. The first-order valence-corrected chi connectivity index (χ1v) is 5.72. The van der Waals surface area contributed by atoms with E-state index in [4.69, 9.17) is 0 Å². The summed E-state index contributed by atoms with van der Waals surface area (Å²) < 4.78 is 0. The fraction of sp³-hybridized carbons (Fsp3) is 0.385. The Kier molecular flexibility index (Phi) is 3.42. The van der Waals surface area contributed by atoms with Crippen LogP contribution in [0.2, 0.25) is 0 Å². The predicted octanol–water partition coefficient (Wildman–Crippen LogP) is 1.44. The van der Waals surface area contributed by atoms with Gasteiger partial charge in [0.2, 0.25) is 11.8 Å². The van der Waals surface area contributed by atoms with E-state index in [2.05, 4.69) is 11.4 Å². The van der Waals surface area contributed by atoms with E-state index in [0.717, 1.165) is 18.5 Å². The van der Waals surface area contributed by atoms with Crippen LogP contribution in [-0.4, -0.2) is 29.3 Å². The van der Waals surface area contributed by atoms with Crippen molar-refractivity contribution in [2.45, 2.75) is 25.8 Å². The van der Waals surface area contributed by atoms with Gasteiger partial charge in [0.15, 0.2) is 0 Å². The number of hydrogen-bond donors (Lipinski definition) is 1. The summed E-state index contributed by atoms with van der Waals surface area (Å²) in [5, 5.41) is 2.82. The zero-order valence-electron chi connectivity index (χ0n) is 9.77. The lowest BCUT2D eigenvalue weighted by molar-refractivity contribution is -0.134. The van der Waals surface area contributed by atoms with Gasteiger partial charge >= 0.3 is 0 Å². The highest BCUT2D eigenvalue weighted by molar-refractivity contribution is 5.97. The Morgan fingerprint density at radius 2 is 2.12 bits per heavy atom. The molecule has 17 heavy (non-hydrogen) atoms. The molecule has 1 radical (unpaired) electrons. The monoisotopic (exact) mass is 231 g/mol. The molecule has 1 aliphatic rings. The van der Waals surface area contributed by atoms with Gasteiger partial charge in [-0.2, -0.15) is 0 Å². The van der Waals surface area contributed by atoms with Crippen molar-refractivity contribution in [1.29, 1.82) is 0 Å². The first kappa shape index (κ1) is 11.6. The molecule has 4 nitrogen and oxygen atoms in total. The van der Waals surface area contributed by atoms with Crippen molar-refractivity contribution >= 4 is 17.5 Å². The van der Waals surface area contributed by atoms with Gasteiger partial charge in [-0.3, -0.25) is 9.59 Å². The number of amides is 2. The molecule has 2 rings (SSSR count). The van der Waals surface area contributed by atoms with Crippen LogP contribution in [0.4, 0.5) is 5.69 Å². The molecule has 0 aliphatic carbocycles. The molecular weight excluding hydrogens is 216 g/mol. The maximum atomic E-state index is 12.0. The smallest absolute Gasteiger partial charge is 0.247 e. The molecule has 0 aromatic heterocycles. The fourth-order valence-corrected chi connectivity index (χ4v) is 2.11. The number of benzene rings is 1. The molecule has 2 amide bonds. The van der Waals surface area contributed by atoms with Crippen molar-refractivity contribution in [2.75, 3.05) is 11.9 Å². The summed E-state index contributed by atoms with van der Waals surface area (Å²) in [5.74, 6) is -0.145. The van der Waals surface area contributed by atoms with Crippen LogP contribution < -0.4 is 5.32 Å². The van der Waals surface area contributed by atoms with Gasteiger partial charge < -0.3 is 10.2 Å². The van der Waals surface area contributed by atoms with Crippen LogP contribution in [0.1, 0.15) is 19.8 Å². The minimum absolute atomic E-state index is 0.0379. The fourth-order valence-electron chi connectivity index (χ4n) is 2.11. The Morgan fingerprint density at radius 1 is 1.41 bits per heavy atom. The van der Waals surface area contributed by atoms with Gasteiger partial charge in [0.05, 0.1) is 0 Å². The lowest BCUT2D eigenvalue weighted by Gasteiger charge is -2.22. The van der Waals surface area contributed by atoms with Gasteiger partial charge in [-0.25, -0.2) is 0 Å². The molecule has 4 heteroatoms. The van der Waals surface area contributed by atoms with E-state index in [1.807, 2.05) is 0 Å². The van der Waals surface area contributed by atoms with Crippen molar-refractivity contribution < 1.29 is 9.59 Å². The number of carbonyl (C=O) groups is 2. The molecule has 1 fully saturated rings. The highest BCUT2D eigenvalue weighted by Crippen LogP contribution is 2.19. The molecule has 1 N–H and O–H groups in total. The van der Waals surface area contributed by atoms with Crippen molar-refractivity contribution in [2.24, 2.45) is 0 Å². The third-order valence-electron chi connectivity index (χ3n) is 2.95. The number of nitrogens with one attached hydrogen (secondary N) is 1. The van der Waals surface area contributed by atoms with Crippen LogP contribution in [0.5, 0.6) is 0 Å². The molecule has 1 aromatic carbocycles. The molecule has 0 saturated carbocycles. The van der Waals surface area contributed by atoms with Crippen LogP contribution in [0.3, 0.4) is 0 Å². The predicted molar refractivity (Wildman–Crippen MR) is 64.3 cm³/mol. The van der Waals surface area contributed by atoms with E-state index < -0.39 is 0 Å². The SMILES string of the molecule is CC(=O)N1CCC[C@H]1C(=O)Nc1cc[c]cc1. The van der Waals surface area contributed by atoms with Crippen LogP contribution in [-0.2, 0) is 9.59 Å². The second kappa shape index (κ2) is 4.99. The standard InChI is InChI=1S/C13H15N2O2/c1-10(16)15-9-5-8-12(15)13(17)14-11-6-3-2-4-7-11/h3-4,6-7,12H,5,8-9H2,1H3,(H,14,17)/t12-/m0/s1. The summed E-state index contributed by atoms with van der Waals surface area (Å²) in [7, 11) is 0. The maximum absolute atomic E-state index is 12.0.